The van der Waals surface area contributed by atoms with Crippen LogP contribution in [0.3, 0.4) is 0 Å². The fourth-order valence-corrected chi connectivity index (χ4v) is 5.93. The number of rotatable bonds is 7. The monoisotopic (exact) mass is 511 g/mol. The van der Waals surface area contributed by atoms with Gasteiger partial charge in [-0.15, -0.1) is 0 Å². The van der Waals surface area contributed by atoms with Gasteiger partial charge in [-0.2, -0.15) is 0 Å². The van der Waals surface area contributed by atoms with Crippen LogP contribution in [-0.2, 0) is 23.9 Å². The van der Waals surface area contributed by atoms with Crippen molar-refractivity contribution in [3.8, 4) is 0 Å². The summed E-state index contributed by atoms with van der Waals surface area (Å²) < 4.78 is 10.3. The molecule has 0 aromatic heterocycles. The van der Waals surface area contributed by atoms with Crippen molar-refractivity contribution in [3.63, 3.8) is 0 Å². The number of methoxy groups -OCH3 is 1. The molecule has 1 fully saturated rings. The molecule has 1 aromatic carbocycles. The number of carbonyl (C=O) groups is 3. The topological polar surface area (TPSA) is 88.5 Å². The number of nitrogens with zero attached hydrogens (tertiary/aromatic N) is 3. The number of fused-ring (bicyclic) bond motifs is 1. The molecule has 1 atom stereocenters. The summed E-state index contributed by atoms with van der Waals surface area (Å²) >= 11 is 1.47. The van der Waals surface area contributed by atoms with Crippen LogP contribution >= 0.6 is 11.8 Å². The molecule has 8 nitrogen and oxygen atoms in total. The summed E-state index contributed by atoms with van der Waals surface area (Å²) in [5, 5.41) is 2.72. The van der Waals surface area contributed by atoms with Crippen LogP contribution in [0.4, 0.5) is 0 Å². The van der Waals surface area contributed by atoms with E-state index in [1.165, 1.54) is 18.9 Å². The van der Waals surface area contributed by atoms with E-state index in [-0.39, 0.29) is 24.2 Å². The normalized spacial score (nSPS) is 20.1. The highest BCUT2D eigenvalue weighted by molar-refractivity contribution is 8.16. The summed E-state index contributed by atoms with van der Waals surface area (Å²) in [6, 6.07) is 7.54. The minimum absolute atomic E-state index is 0.00108. The summed E-state index contributed by atoms with van der Waals surface area (Å²) in [5.41, 5.74) is 4.04. The lowest BCUT2D eigenvalue weighted by molar-refractivity contribution is -0.151. The predicted molar refractivity (Wildman–Crippen MR) is 139 cm³/mol. The molecule has 3 aliphatic rings. The van der Waals surface area contributed by atoms with E-state index in [4.69, 9.17) is 14.5 Å². The van der Waals surface area contributed by atoms with Gasteiger partial charge in [-0.3, -0.25) is 9.59 Å². The Balaban J connectivity index is 1.58. The Labute approximate surface area is 216 Å². The minimum atomic E-state index is -0.426. The standard InChI is InChI=1S/C27H33N3O5S/c1-5-21-23(26(33)34-4)24(20-10-8-7-9-17(20)3)30-19(16-36-27(30)28-21)15-22(31)29-13-11-18(12-14-29)25(32)35-6-2/h7-10,16,18,24H,5-6,11-15H2,1-4H3/t24-/m0/s1. The lowest BCUT2D eigenvalue weighted by Crippen LogP contribution is -2.42. The van der Waals surface area contributed by atoms with Crippen LogP contribution in [-0.4, -0.2) is 59.6 Å². The Morgan fingerprint density at radius 3 is 2.50 bits per heavy atom. The molecule has 9 heteroatoms. The third kappa shape index (κ3) is 5.07. The maximum absolute atomic E-state index is 13.3. The molecule has 36 heavy (non-hydrogen) atoms. The van der Waals surface area contributed by atoms with Crippen LogP contribution in [0.15, 0.2) is 51.6 Å². The van der Waals surface area contributed by atoms with Crippen LogP contribution in [0.1, 0.15) is 56.7 Å². The number of amides is 1. The number of hydrogen-bond acceptors (Lipinski definition) is 8. The fourth-order valence-electron chi connectivity index (χ4n) is 4.99. The number of benzene rings is 1. The average Bonchev–Trinajstić information content (AvgIpc) is 3.29. The second kappa shape index (κ2) is 11.3. The van der Waals surface area contributed by atoms with Gasteiger partial charge in [0.2, 0.25) is 5.91 Å². The first-order valence-electron chi connectivity index (χ1n) is 12.4. The Hall–Kier alpha value is -3.07. The number of amidine groups is 1. The first-order chi connectivity index (χ1) is 17.4. The van der Waals surface area contributed by atoms with E-state index in [1.54, 1.807) is 6.92 Å². The van der Waals surface area contributed by atoms with Crippen molar-refractivity contribution < 1.29 is 23.9 Å². The van der Waals surface area contributed by atoms with Gasteiger partial charge >= 0.3 is 11.9 Å². The maximum atomic E-state index is 13.3. The molecule has 4 rings (SSSR count). The molecule has 0 saturated carbocycles. The van der Waals surface area contributed by atoms with Crippen LogP contribution in [0.25, 0.3) is 0 Å². The summed E-state index contributed by atoms with van der Waals surface area (Å²) in [6.45, 7) is 7.22. The number of piperidine rings is 1. The van der Waals surface area contributed by atoms with Gasteiger partial charge in [0.05, 0.1) is 43.4 Å². The lowest BCUT2D eigenvalue weighted by atomic mass is 9.90. The molecule has 0 aliphatic carbocycles. The molecule has 1 amide bonds. The molecular weight excluding hydrogens is 478 g/mol. The van der Waals surface area contributed by atoms with E-state index in [0.717, 1.165) is 22.0 Å². The van der Waals surface area contributed by atoms with E-state index in [2.05, 4.69) is 0 Å². The first-order valence-corrected chi connectivity index (χ1v) is 13.3. The smallest absolute Gasteiger partial charge is 0.338 e. The van der Waals surface area contributed by atoms with Gasteiger partial charge in [-0.05, 0) is 49.6 Å². The van der Waals surface area contributed by atoms with E-state index < -0.39 is 12.0 Å². The van der Waals surface area contributed by atoms with Crippen molar-refractivity contribution in [2.75, 3.05) is 26.8 Å². The summed E-state index contributed by atoms with van der Waals surface area (Å²) in [7, 11) is 1.38. The Morgan fingerprint density at radius 2 is 1.86 bits per heavy atom. The molecule has 0 unspecified atom stereocenters. The summed E-state index contributed by atoms with van der Waals surface area (Å²) in [5.74, 6) is -0.740. The van der Waals surface area contributed by atoms with Gasteiger partial charge in [0.25, 0.3) is 0 Å². The van der Waals surface area contributed by atoms with Gasteiger partial charge in [0, 0.05) is 18.8 Å². The van der Waals surface area contributed by atoms with Crippen LogP contribution < -0.4 is 0 Å². The van der Waals surface area contributed by atoms with Crippen molar-refractivity contribution in [1.82, 2.24) is 9.80 Å². The number of aliphatic imine (C=N–C) groups is 1. The highest BCUT2D eigenvalue weighted by atomic mass is 32.2. The zero-order valence-electron chi connectivity index (χ0n) is 21.3. The predicted octanol–water partition coefficient (Wildman–Crippen LogP) is 4.32. The largest absolute Gasteiger partial charge is 0.466 e. The van der Waals surface area contributed by atoms with Gasteiger partial charge in [-0.25, -0.2) is 9.79 Å². The number of hydrogen-bond donors (Lipinski definition) is 0. The number of likely N-dealkylation sites (tertiary alicyclic amines) is 1. The Bertz CT molecular complexity index is 1130. The maximum Gasteiger partial charge on any atom is 0.338 e. The van der Waals surface area contributed by atoms with Crippen LogP contribution in [0.5, 0.6) is 0 Å². The number of ether oxygens (including phenoxy) is 2. The quantitative estimate of drug-likeness (QED) is 0.504. The van der Waals surface area contributed by atoms with E-state index in [9.17, 15) is 14.4 Å². The summed E-state index contributed by atoms with van der Waals surface area (Å²) in [6.07, 6.45) is 1.99. The number of thioether (sulfide) groups is 1. The molecule has 0 spiro atoms. The molecule has 0 bridgehead atoms. The van der Waals surface area contributed by atoms with Crippen molar-refractivity contribution in [1.29, 1.82) is 0 Å². The molecule has 0 N–H and O–H groups in total. The highest BCUT2D eigenvalue weighted by Gasteiger charge is 2.42. The van der Waals surface area contributed by atoms with Gasteiger partial charge in [0.1, 0.15) is 0 Å². The number of esters is 2. The molecule has 3 heterocycles. The minimum Gasteiger partial charge on any atom is -0.466 e. The third-order valence-corrected chi connectivity index (χ3v) is 7.80. The Kier molecular flexibility index (Phi) is 8.18. The van der Waals surface area contributed by atoms with E-state index in [1.807, 2.05) is 53.3 Å². The zero-order chi connectivity index (χ0) is 25.8. The number of aryl methyl sites for hydroxylation is 1. The van der Waals surface area contributed by atoms with Crippen molar-refractivity contribution >= 4 is 34.8 Å². The number of allylic oxidation sites excluding steroid dienone is 1. The first kappa shape index (κ1) is 26.0. The molecule has 1 saturated heterocycles. The Morgan fingerprint density at radius 1 is 1.14 bits per heavy atom. The zero-order valence-corrected chi connectivity index (χ0v) is 22.1. The van der Waals surface area contributed by atoms with E-state index >= 15 is 0 Å². The average molecular weight is 512 g/mol. The molecule has 0 radical (unpaired) electrons. The second-order valence-electron chi connectivity index (χ2n) is 9.04. The molecule has 192 valence electrons. The van der Waals surface area contributed by atoms with Crippen LogP contribution in [0.2, 0.25) is 0 Å². The molecular formula is C27H33N3O5S. The van der Waals surface area contributed by atoms with Gasteiger partial charge in [0.15, 0.2) is 5.17 Å². The van der Waals surface area contributed by atoms with Gasteiger partial charge < -0.3 is 19.3 Å². The summed E-state index contributed by atoms with van der Waals surface area (Å²) in [4.78, 5) is 47.0. The van der Waals surface area contributed by atoms with Crippen molar-refractivity contribution in [3.05, 3.63) is 57.8 Å². The van der Waals surface area contributed by atoms with E-state index in [0.29, 0.717) is 50.2 Å². The lowest BCUT2D eigenvalue weighted by Gasteiger charge is -2.38. The van der Waals surface area contributed by atoms with Crippen molar-refractivity contribution in [2.24, 2.45) is 10.9 Å². The van der Waals surface area contributed by atoms with Crippen LogP contribution in [0, 0.1) is 12.8 Å². The van der Waals surface area contributed by atoms with Gasteiger partial charge in [-0.1, -0.05) is 43.0 Å². The number of carbonyl (C=O) groups excluding carboxylic acids is 3. The molecule has 3 aliphatic heterocycles. The fraction of sp³-hybridized carbons (Fsp3) is 0.481. The SMILES string of the molecule is CCOC(=O)C1CCN(C(=O)CC2=CSC3=NC(CC)=C(C(=O)OC)[C@H](c4ccccc4C)N23)CC1. The second-order valence-corrected chi connectivity index (χ2v) is 9.88. The highest BCUT2D eigenvalue weighted by Crippen LogP contribution is 2.46. The van der Waals surface area contributed by atoms with Crippen molar-refractivity contribution in [2.45, 2.75) is 52.5 Å². The third-order valence-electron chi connectivity index (χ3n) is 6.91. The molecule has 1 aromatic rings.